The summed E-state index contributed by atoms with van der Waals surface area (Å²) >= 11 is 0. The van der Waals surface area contributed by atoms with Crippen LogP contribution in [0, 0.1) is 0 Å². The Hall–Kier alpha value is -0.120. The Morgan fingerprint density at radius 3 is 2.58 bits per heavy atom. The maximum Gasteiger partial charge on any atom is 0.0802 e. The summed E-state index contributed by atoms with van der Waals surface area (Å²) in [5.74, 6) is 0. The molecule has 12 heavy (non-hydrogen) atoms. The summed E-state index contributed by atoms with van der Waals surface area (Å²) in [6.07, 6.45) is 1.25. The lowest BCUT2D eigenvalue weighted by Crippen LogP contribution is -2.44. The first-order chi connectivity index (χ1) is 5.52. The average Bonchev–Trinajstić information content (AvgIpc) is 2.25. The van der Waals surface area contributed by atoms with Crippen LogP contribution < -0.4 is 5.48 Å². The highest BCUT2D eigenvalue weighted by atomic mass is 16.7. The molecule has 3 nitrogen and oxygen atoms in total. The molecule has 0 aromatic heterocycles. The fraction of sp³-hybridized carbons (Fsp3) is 1.00. The van der Waals surface area contributed by atoms with Gasteiger partial charge in [-0.3, -0.25) is 4.84 Å². The van der Waals surface area contributed by atoms with Crippen LogP contribution in [-0.2, 0) is 9.57 Å². The minimum absolute atomic E-state index is 0.0884. The molecular formula is C9H19NO2. The van der Waals surface area contributed by atoms with E-state index in [9.17, 15) is 0 Å². The molecule has 1 heterocycles. The van der Waals surface area contributed by atoms with E-state index in [4.69, 9.17) is 9.57 Å². The van der Waals surface area contributed by atoms with E-state index in [1.54, 1.807) is 0 Å². The van der Waals surface area contributed by atoms with Crippen molar-refractivity contribution in [3.63, 3.8) is 0 Å². The van der Waals surface area contributed by atoms with E-state index >= 15 is 0 Å². The van der Waals surface area contributed by atoms with Crippen LogP contribution >= 0.6 is 0 Å². The van der Waals surface area contributed by atoms with Crippen molar-refractivity contribution in [2.75, 3.05) is 6.61 Å². The maximum absolute atomic E-state index is 5.54. The topological polar surface area (TPSA) is 30.5 Å². The van der Waals surface area contributed by atoms with Crippen molar-refractivity contribution in [1.82, 2.24) is 5.48 Å². The molecule has 1 atom stereocenters. The Kier molecular flexibility index (Phi) is 3.09. The molecule has 1 N–H and O–H groups in total. The zero-order valence-electron chi connectivity index (χ0n) is 8.39. The van der Waals surface area contributed by atoms with Gasteiger partial charge in [-0.15, -0.1) is 0 Å². The summed E-state index contributed by atoms with van der Waals surface area (Å²) < 4.78 is 5.54. The second-order valence-electron chi connectivity index (χ2n) is 4.08. The van der Waals surface area contributed by atoms with Gasteiger partial charge in [0.25, 0.3) is 0 Å². The largest absolute Gasteiger partial charge is 0.374 e. The van der Waals surface area contributed by atoms with Crippen molar-refractivity contribution >= 4 is 0 Å². The number of hydroxylamine groups is 1. The first-order valence-electron chi connectivity index (χ1n) is 4.57. The molecule has 0 radical (unpaired) electrons. The van der Waals surface area contributed by atoms with Crippen LogP contribution in [0.1, 0.15) is 34.1 Å². The van der Waals surface area contributed by atoms with E-state index in [1.165, 1.54) is 0 Å². The summed E-state index contributed by atoms with van der Waals surface area (Å²) in [7, 11) is 0. The molecule has 0 aromatic carbocycles. The van der Waals surface area contributed by atoms with E-state index in [0.717, 1.165) is 13.0 Å². The van der Waals surface area contributed by atoms with E-state index in [2.05, 4.69) is 19.3 Å². The van der Waals surface area contributed by atoms with Crippen LogP contribution in [0.4, 0.5) is 0 Å². The second-order valence-corrected chi connectivity index (χ2v) is 4.08. The molecule has 72 valence electrons. The van der Waals surface area contributed by atoms with Gasteiger partial charge in [0.15, 0.2) is 0 Å². The minimum Gasteiger partial charge on any atom is -0.374 e. The summed E-state index contributed by atoms with van der Waals surface area (Å²) in [5.41, 5.74) is 2.96. The third kappa shape index (κ3) is 2.44. The zero-order chi connectivity index (χ0) is 9.19. The third-order valence-corrected chi connectivity index (χ3v) is 2.17. The van der Waals surface area contributed by atoms with Crippen molar-refractivity contribution in [3.05, 3.63) is 0 Å². The molecule has 1 rings (SSSR count). The summed E-state index contributed by atoms with van der Waals surface area (Å²) in [6, 6.07) is 0.319. The van der Waals surface area contributed by atoms with Gasteiger partial charge >= 0.3 is 0 Å². The molecule has 0 bridgehead atoms. The standard InChI is InChI=1S/C9H19NO2/c1-7(2)12-10-8-5-6-11-9(8,3)4/h7-8,10H,5-6H2,1-4H3. The highest BCUT2D eigenvalue weighted by Gasteiger charge is 2.35. The lowest BCUT2D eigenvalue weighted by Gasteiger charge is -2.26. The predicted octanol–water partition coefficient (Wildman–Crippen LogP) is 1.48. The van der Waals surface area contributed by atoms with Gasteiger partial charge in [0.1, 0.15) is 0 Å². The first kappa shape index (κ1) is 9.96. The molecule has 1 aliphatic rings. The Balaban J connectivity index is 2.32. The summed E-state index contributed by atoms with van der Waals surface area (Å²) in [6.45, 7) is 9.01. The SMILES string of the molecule is CC(C)ONC1CCOC1(C)C. The smallest absolute Gasteiger partial charge is 0.0802 e. The van der Waals surface area contributed by atoms with E-state index in [0.29, 0.717) is 6.04 Å². The molecular weight excluding hydrogens is 154 g/mol. The highest BCUT2D eigenvalue weighted by Crippen LogP contribution is 2.24. The first-order valence-corrected chi connectivity index (χ1v) is 4.57. The molecule has 1 unspecified atom stereocenters. The Morgan fingerprint density at radius 2 is 2.17 bits per heavy atom. The van der Waals surface area contributed by atoms with E-state index < -0.39 is 0 Å². The van der Waals surface area contributed by atoms with Crippen LogP contribution in [0.3, 0.4) is 0 Å². The molecule has 1 aliphatic heterocycles. The van der Waals surface area contributed by atoms with Crippen LogP contribution in [0.15, 0.2) is 0 Å². The van der Waals surface area contributed by atoms with Gasteiger partial charge in [0.2, 0.25) is 0 Å². The van der Waals surface area contributed by atoms with Crippen LogP contribution in [0.5, 0.6) is 0 Å². The van der Waals surface area contributed by atoms with Gasteiger partial charge in [-0.05, 0) is 34.1 Å². The quantitative estimate of drug-likeness (QED) is 0.656. The minimum atomic E-state index is -0.0884. The lowest BCUT2D eigenvalue weighted by atomic mass is 10.0. The molecule has 0 amide bonds. The van der Waals surface area contributed by atoms with Crippen LogP contribution in [0.25, 0.3) is 0 Å². The second kappa shape index (κ2) is 3.73. The fourth-order valence-corrected chi connectivity index (χ4v) is 1.31. The Morgan fingerprint density at radius 1 is 1.50 bits per heavy atom. The molecule has 0 spiro atoms. The average molecular weight is 173 g/mol. The van der Waals surface area contributed by atoms with Gasteiger partial charge in [-0.1, -0.05) is 0 Å². The molecule has 0 saturated carbocycles. The Labute approximate surface area is 74.4 Å². The van der Waals surface area contributed by atoms with Gasteiger partial charge in [-0.2, -0.15) is 5.48 Å². The summed E-state index contributed by atoms with van der Waals surface area (Å²) in [5, 5.41) is 0. The maximum atomic E-state index is 5.54. The molecule has 0 aromatic rings. The third-order valence-electron chi connectivity index (χ3n) is 2.17. The van der Waals surface area contributed by atoms with Crippen molar-refractivity contribution in [2.45, 2.75) is 51.9 Å². The van der Waals surface area contributed by atoms with Crippen LogP contribution in [-0.4, -0.2) is 24.4 Å². The fourth-order valence-electron chi connectivity index (χ4n) is 1.31. The predicted molar refractivity (Wildman–Crippen MR) is 47.8 cm³/mol. The monoisotopic (exact) mass is 173 g/mol. The molecule has 1 saturated heterocycles. The number of nitrogens with one attached hydrogen (secondary N) is 1. The number of hydrogen-bond acceptors (Lipinski definition) is 3. The Bertz CT molecular complexity index is 145. The van der Waals surface area contributed by atoms with Gasteiger partial charge in [-0.25, -0.2) is 0 Å². The van der Waals surface area contributed by atoms with Crippen molar-refractivity contribution in [2.24, 2.45) is 0 Å². The van der Waals surface area contributed by atoms with Crippen LogP contribution in [0.2, 0.25) is 0 Å². The number of ether oxygens (including phenoxy) is 1. The number of hydrogen-bond donors (Lipinski definition) is 1. The molecule has 3 heteroatoms. The lowest BCUT2D eigenvalue weighted by molar-refractivity contribution is -0.0657. The van der Waals surface area contributed by atoms with Crippen molar-refractivity contribution < 1.29 is 9.57 Å². The zero-order valence-corrected chi connectivity index (χ0v) is 8.39. The molecule has 1 fully saturated rings. The van der Waals surface area contributed by atoms with E-state index in [1.807, 2.05) is 13.8 Å². The van der Waals surface area contributed by atoms with Gasteiger partial charge < -0.3 is 4.74 Å². The van der Waals surface area contributed by atoms with Gasteiger partial charge in [0, 0.05) is 6.61 Å². The number of rotatable bonds is 3. The normalized spacial score (nSPS) is 28.2. The van der Waals surface area contributed by atoms with Crippen molar-refractivity contribution in [1.29, 1.82) is 0 Å². The van der Waals surface area contributed by atoms with E-state index in [-0.39, 0.29) is 11.7 Å². The highest BCUT2D eigenvalue weighted by molar-refractivity contribution is 4.88. The van der Waals surface area contributed by atoms with Crippen molar-refractivity contribution in [3.8, 4) is 0 Å². The molecule has 0 aliphatic carbocycles. The van der Waals surface area contributed by atoms with Gasteiger partial charge in [0.05, 0.1) is 17.7 Å². The summed E-state index contributed by atoms with van der Waals surface area (Å²) in [4.78, 5) is 5.33.